The highest BCUT2D eigenvalue weighted by atomic mass is 35.5. The topological polar surface area (TPSA) is 29.5 Å². The van der Waals surface area contributed by atoms with E-state index in [1.165, 1.54) is 5.56 Å². The van der Waals surface area contributed by atoms with Crippen LogP contribution >= 0.6 is 11.6 Å². The molecule has 0 aliphatic carbocycles. The van der Waals surface area contributed by atoms with Crippen LogP contribution in [-0.4, -0.2) is 29.7 Å². The van der Waals surface area contributed by atoms with Crippen molar-refractivity contribution in [1.82, 2.24) is 4.90 Å². The molecule has 0 bridgehead atoms. The molecular weight excluding hydrogens is 286 g/mol. The van der Waals surface area contributed by atoms with E-state index in [2.05, 4.69) is 5.92 Å². The Morgan fingerprint density at radius 3 is 2.62 bits per heavy atom. The number of ether oxygens (including phenoxy) is 1. The average molecular weight is 306 g/mol. The number of hydrogen-bond donors (Lipinski definition) is 0. The lowest BCUT2D eigenvalue weighted by molar-refractivity contribution is 0.0258. The normalized spacial score (nSPS) is 14.9. The van der Waals surface area contributed by atoms with Crippen molar-refractivity contribution in [3.05, 3.63) is 33.8 Å². The van der Waals surface area contributed by atoms with Gasteiger partial charge in [0.15, 0.2) is 0 Å². The number of nitrogens with zero attached hydrogens (tertiary/aromatic N) is 1. The van der Waals surface area contributed by atoms with Crippen molar-refractivity contribution < 1.29 is 9.53 Å². The first kappa shape index (κ1) is 15.7. The van der Waals surface area contributed by atoms with Gasteiger partial charge in [-0.3, -0.25) is 0 Å². The number of terminal acetylenes is 1. The molecule has 2 rings (SSSR count). The van der Waals surface area contributed by atoms with Crippen LogP contribution in [0.1, 0.15) is 37.5 Å². The number of fused-ring (bicyclic) bond motifs is 1. The summed E-state index contributed by atoms with van der Waals surface area (Å²) in [4.78, 5) is 13.9. The summed E-state index contributed by atoms with van der Waals surface area (Å²) in [6.07, 6.45) is 6.76. The summed E-state index contributed by atoms with van der Waals surface area (Å²) in [5.74, 6) is 2.67. The summed E-state index contributed by atoms with van der Waals surface area (Å²) in [7, 11) is 0. The lowest BCUT2D eigenvalue weighted by atomic mass is 9.97. The molecule has 1 aromatic carbocycles. The fourth-order valence-electron chi connectivity index (χ4n) is 2.46. The van der Waals surface area contributed by atoms with Crippen molar-refractivity contribution in [2.75, 3.05) is 13.1 Å². The number of carbonyl (C=O) groups is 1. The van der Waals surface area contributed by atoms with E-state index >= 15 is 0 Å². The molecule has 1 aromatic rings. The number of benzene rings is 1. The van der Waals surface area contributed by atoms with E-state index in [9.17, 15) is 4.79 Å². The summed E-state index contributed by atoms with van der Waals surface area (Å²) in [5.41, 5.74) is 2.51. The zero-order valence-corrected chi connectivity index (χ0v) is 13.5. The molecule has 0 spiro atoms. The molecule has 0 N–H and O–H groups in total. The fourth-order valence-corrected chi connectivity index (χ4v) is 2.69. The number of carbonyl (C=O) groups excluding carboxylic acids is 1. The first-order chi connectivity index (χ1) is 9.81. The first-order valence-electron chi connectivity index (χ1n) is 7.06. The van der Waals surface area contributed by atoms with E-state index in [0.29, 0.717) is 24.5 Å². The third-order valence-corrected chi connectivity index (χ3v) is 3.75. The van der Waals surface area contributed by atoms with Crippen LogP contribution in [0, 0.1) is 12.3 Å². The number of halogens is 1. The predicted molar refractivity (Wildman–Crippen MR) is 84.6 cm³/mol. The summed E-state index contributed by atoms with van der Waals surface area (Å²) in [6, 6.07) is 3.83. The summed E-state index contributed by atoms with van der Waals surface area (Å²) >= 11 is 6.15. The third-order valence-electron chi connectivity index (χ3n) is 3.44. The standard InChI is InChI=1S/C17H20ClNO2/c1-5-13-14-9-11-19(16(20)21-17(2,3)4)10-8-12(14)6-7-15(13)18/h1,6-7H,8-11H2,2-4H3. The zero-order valence-electron chi connectivity index (χ0n) is 12.7. The van der Waals surface area contributed by atoms with Gasteiger partial charge in [-0.1, -0.05) is 23.6 Å². The van der Waals surface area contributed by atoms with E-state index in [4.69, 9.17) is 22.8 Å². The van der Waals surface area contributed by atoms with Crippen molar-refractivity contribution in [1.29, 1.82) is 0 Å². The average Bonchev–Trinajstić information content (AvgIpc) is 2.59. The second-order valence-corrected chi connectivity index (χ2v) is 6.58. The molecule has 1 aliphatic heterocycles. The molecule has 0 saturated carbocycles. The van der Waals surface area contributed by atoms with E-state index in [1.54, 1.807) is 4.90 Å². The van der Waals surface area contributed by atoms with Gasteiger partial charge in [-0.2, -0.15) is 0 Å². The Labute approximate surface area is 131 Å². The van der Waals surface area contributed by atoms with Gasteiger partial charge in [0.25, 0.3) is 0 Å². The van der Waals surface area contributed by atoms with Gasteiger partial charge in [0.1, 0.15) is 5.60 Å². The van der Waals surface area contributed by atoms with E-state index in [0.717, 1.165) is 17.5 Å². The molecule has 1 amide bonds. The molecule has 0 saturated heterocycles. The molecule has 1 aliphatic rings. The molecule has 3 nitrogen and oxygen atoms in total. The Hall–Kier alpha value is -1.66. The van der Waals surface area contributed by atoms with Gasteiger partial charge >= 0.3 is 6.09 Å². The van der Waals surface area contributed by atoms with Crippen LogP contribution in [0.3, 0.4) is 0 Å². The number of hydrogen-bond acceptors (Lipinski definition) is 2. The molecular formula is C17H20ClNO2. The molecule has 0 aromatic heterocycles. The van der Waals surface area contributed by atoms with E-state index in [1.807, 2.05) is 32.9 Å². The van der Waals surface area contributed by atoms with Crippen molar-refractivity contribution >= 4 is 17.7 Å². The van der Waals surface area contributed by atoms with Gasteiger partial charge in [0.05, 0.1) is 5.02 Å². The molecule has 4 heteroatoms. The fraction of sp³-hybridized carbons (Fsp3) is 0.471. The van der Waals surface area contributed by atoms with E-state index < -0.39 is 5.60 Å². The minimum Gasteiger partial charge on any atom is -0.444 e. The van der Waals surface area contributed by atoms with Crippen LogP contribution in [0.15, 0.2) is 12.1 Å². The number of amides is 1. The van der Waals surface area contributed by atoms with Crippen molar-refractivity contribution in [3.8, 4) is 12.3 Å². The SMILES string of the molecule is C#Cc1c(Cl)ccc2c1CCN(C(=O)OC(C)(C)C)CC2. The largest absolute Gasteiger partial charge is 0.444 e. The molecule has 0 radical (unpaired) electrons. The summed E-state index contributed by atoms with van der Waals surface area (Å²) in [5, 5.41) is 0.599. The molecule has 0 atom stereocenters. The second-order valence-electron chi connectivity index (χ2n) is 6.17. The Kier molecular flexibility index (Phi) is 4.49. The van der Waals surface area contributed by atoms with Gasteiger partial charge in [0, 0.05) is 18.7 Å². The smallest absolute Gasteiger partial charge is 0.410 e. The molecule has 1 heterocycles. The van der Waals surface area contributed by atoms with Crippen molar-refractivity contribution in [2.24, 2.45) is 0 Å². The molecule has 21 heavy (non-hydrogen) atoms. The monoisotopic (exact) mass is 305 g/mol. The van der Waals surface area contributed by atoms with Gasteiger partial charge in [-0.15, -0.1) is 6.42 Å². The minimum atomic E-state index is -0.483. The maximum Gasteiger partial charge on any atom is 0.410 e. The zero-order chi connectivity index (χ0) is 15.6. The Balaban J connectivity index is 2.18. The van der Waals surface area contributed by atoms with Crippen LogP contribution in [0.4, 0.5) is 4.79 Å². The van der Waals surface area contributed by atoms with Crippen molar-refractivity contribution in [2.45, 2.75) is 39.2 Å². The van der Waals surface area contributed by atoms with Gasteiger partial charge in [0.2, 0.25) is 0 Å². The molecule has 0 unspecified atom stereocenters. The highest BCUT2D eigenvalue weighted by Crippen LogP contribution is 2.26. The van der Waals surface area contributed by atoms with E-state index in [-0.39, 0.29) is 6.09 Å². The van der Waals surface area contributed by atoms with Gasteiger partial charge in [-0.05, 0) is 50.8 Å². The van der Waals surface area contributed by atoms with Crippen molar-refractivity contribution in [3.63, 3.8) is 0 Å². The van der Waals surface area contributed by atoms with Gasteiger partial charge < -0.3 is 9.64 Å². The molecule has 112 valence electrons. The maximum absolute atomic E-state index is 12.2. The second kappa shape index (κ2) is 5.99. The Morgan fingerprint density at radius 1 is 1.33 bits per heavy atom. The Bertz CT molecular complexity index is 596. The maximum atomic E-state index is 12.2. The van der Waals surface area contributed by atoms with Crippen LogP contribution in [-0.2, 0) is 17.6 Å². The highest BCUT2D eigenvalue weighted by Gasteiger charge is 2.25. The van der Waals surface area contributed by atoms with Crippen LogP contribution in [0.5, 0.6) is 0 Å². The van der Waals surface area contributed by atoms with Crippen LogP contribution in [0.25, 0.3) is 0 Å². The first-order valence-corrected chi connectivity index (χ1v) is 7.44. The lowest BCUT2D eigenvalue weighted by Crippen LogP contribution is -2.38. The molecule has 0 fully saturated rings. The van der Waals surface area contributed by atoms with Crippen LogP contribution < -0.4 is 0 Å². The third kappa shape index (κ3) is 3.71. The Morgan fingerprint density at radius 2 is 2.00 bits per heavy atom. The number of rotatable bonds is 0. The summed E-state index contributed by atoms with van der Waals surface area (Å²) in [6.45, 7) is 6.83. The predicted octanol–water partition coefficient (Wildman–Crippen LogP) is 3.66. The highest BCUT2D eigenvalue weighted by molar-refractivity contribution is 6.31. The van der Waals surface area contributed by atoms with Crippen LogP contribution in [0.2, 0.25) is 5.02 Å². The minimum absolute atomic E-state index is 0.274. The summed E-state index contributed by atoms with van der Waals surface area (Å²) < 4.78 is 5.43. The quantitative estimate of drug-likeness (QED) is 0.685. The lowest BCUT2D eigenvalue weighted by Gasteiger charge is -2.26. The van der Waals surface area contributed by atoms with Gasteiger partial charge in [-0.25, -0.2) is 4.79 Å².